The van der Waals surface area contributed by atoms with Crippen LogP contribution in [0.15, 0.2) is 0 Å². The van der Waals surface area contributed by atoms with Gasteiger partial charge in [0, 0.05) is 6.54 Å². The van der Waals surface area contributed by atoms with Gasteiger partial charge < -0.3 is 10.5 Å². The third kappa shape index (κ3) is 4.38. The summed E-state index contributed by atoms with van der Waals surface area (Å²) >= 11 is 0. The van der Waals surface area contributed by atoms with Gasteiger partial charge in [0.25, 0.3) is 0 Å². The maximum atomic E-state index is 5.63. The molecule has 0 aromatic rings. The second kappa shape index (κ2) is 5.56. The van der Waals surface area contributed by atoms with Crippen molar-refractivity contribution < 1.29 is 4.74 Å². The smallest absolute Gasteiger partial charge is 0.0726 e. The number of rotatable bonds is 5. The number of hydrogen-bond acceptors (Lipinski definition) is 2. The van der Waals surface area contributed by atoms with Crippen LogP contribution in [0.2, 0.25) is 0 Å². The number of hydrogen-bond donors (Lipinski definition) is 1. The summed E-state index contributed by atoms with van der Waals surface area (Å²) in [6.07, 6.45) is 1.66. The van der Waals surface area contributed by atoms with E-state index in [-0.39, 0.29) is 12.2 Å². The van der Waals surface area contributed by atoms with Gasteiger partial charge in [-0.25, -0.2) is 0 Å². The zero-order chi connectivity index (χ0) is 8.85. The quantitative estimate of drug-likeness (QED) is 0.663. The molecule has 0 fully saturated rings. The Morgan fingerprint density at radius 3 is 2.09 bits per heavy atom. The fraction of sp³-hybridized carbons (Fsp3) is 1.00. The highest BCUT2D eigenvalue weighted by Crippen LogP contribution is 2.11. The molecule has 0 saturated carbocycles. The molecular weight excluding hydrogens is 138 g/mol. The lowest BCUT2D eigenvalue weighted by atomic mass is 10.0. The Kier molecular flexibility index (Phi) is 5.51. The summed E-state index contributed by atoms with van der Waals surface area (Å²) in [7, 11) is 0. The van der Waals surface area contributed by atoms with E-state index in [1.54, 1.807) is 0 Å². The molecule has 68 valence electrons. The van der Waals surface area contributed by atoms with Gasteiger partial charge in [-0.2, -0.15) is 0 Å². The molecule has 0 rings (SSSR count). The van der Waals surface area contributed by atoms with Gasteiger partial charge in [-0.1, -0.05) is 20.3 Å². The molecule has 0 aliphatic heterocycles. The van der Waals surface area contributed by atoms with Crippen molar-refractivity contribution in [1.82, 2.24) is 0 Å². The fourth-order valence-corrected chi connectivity index (χ4v) is 1.03. The summed E-state index contributed by atoms with van der Waals surface area (Å²) in [5.74, 6) is 0.572. The molecule has 2 N–H and O–H groups in total. The van der Waals surface area contributed by atoms with E-state index >= 15 is 0 Å². The van der Waals surface area contributed by atoms with E-state index in [9.17, 15) is 0 Å². The Balaban J connectivity index is 3.74. The Labute approximate surface area is 70.1 Å². The lowest BCUT2D eigenvalue weighted by Gasteiger charge is -2.23. The summed E-state index contributed by atoms with van der Waals surface area (Å²) in [4.78, 5) is 0. The normalized spacial score (nSPS) is 16.9. The summed E-state index contributed by atoms with van der Waals surface area (Å²) in [5, 5.41) is 0. The maximum absolute atomic E-state index is 5.63. The molecule has 2 atom stereocenters. The van der Waals surface area contributed by atoms with E-state index in [1.165, 1.54) is 0 Å². The zero-order valence-electron chi connectivity index (χ0n) is 8.13. The predicted molar refractivity (Wildman–Crippen MR) is 48.5 cm³/mol. The van der Waals surface area contributed by atoms with Crippen molar-refractivity contribution in [2.45, 2.75) is 46.3 Å². The fourth-order valence-electron chi connectivity index (χ4n) is 1.03. The van der Waals surface area contributed by atoms with E-state index in [4.69, 9.17) is 10.5 Å². The molecule has 0 amide bonds. The van der Waals surface area contributed by atoms with Crippen molar-refractivity contribution in [1.29, 1.82) is 0 Å². The first-order valence-electron chi connectivity index (χ1n) is 4.47. The van der Waals surface area contributed by atoms with Crippen LogP contribution >= 0.6 is 0 Å². The van der Waals surface area contributed by atoms with Crippen molar-refractivity contribution in [3.8, 4) is 0 Å². The Morgan fingerprint density at radius 1 is 1.27 bits per heavy atom. The monoisotopic (exact) mass is 159 g/mol. The lowest BCUT2D eigenvalue weighted by Crippen LogP contribution is -2.32. The van der Waals surface area contributed by atoms with E-state index < -0.39 is 0 Å². The van der Waals surface area contributed by atoms with Crippen molar-refractivity contribution in [2.75, 3.05) is 6.54 Å². The van der Waals surface area contributed by atoms with E-state index in [1.807, 2.05) is 13.8 Å². The molecule has 0 aromatic heterocycles. The summed E-state index contributed by atoms with van der Waals surface area (Å²) < 4.78 is 5.63. The third-order valence-electron chi connectivity index (χ3n) is 1.96. The van der Waals surface area contributed by atoms with Crippen LogP contribution in [0, 0.1) is 5.92 Å². The topological polar surface area (TPSA) is 35.2 Å². The van der Waals surface area contributed by atoms with Crippen LogP contribution < -0.4 is 5.73 Å². The van der Waals surface area contributed by atoms with Gasteiger partial charge in [0.2, 0.25) is 0 Å². The SMILES string of the molecule is CCC(C)C(CN)OC(C)C. The number of ether oxygens (including phenoxy) is 1. The standard InChI is InChI=1S/C9H21NO/c1-5-8(4)9(6-10)11-7(2)3/h7-9H,5-6,10H2,1-4H3. The van der Waals surface area contributed by atoms with E-state index in [0.717, 1.165) is 6.42 Å². The van der Waals surface area contributed by atoms with Crippen LogP contribution in [0.1, 0.15) is 34.1 Å². The van der Waals surface area contributed by atoms with Gasteiger partial charge >= 0.3 is 0 Å². The van der Waals surface area contributed by atoms with Crippen molar-refractivity contribution in [2.24, 2.45) is 11.7 Å². The zero-order valence-corrected chi connectivity index (χ0v) is 8.13. The van der Waals surface area contributed by atoms with Gasteiger partial charge in [-0.15, -0.1) is 0 Å². The molecule has 0 aromatic carbocycles. The minimum absolute atomic E-state index is 0.236. The molecule has 11 heavy (non-hydrogen) atoms. The molecule has 2 nitrogen and oxygen atoms in total. The second-order valence-corrected chi connectivity index (χ2v) is 3.34. The molecule has 2 heteroatoms. The molecule has 0 bridgehead atoms. The van der Waals surface area contributed by atoms with E-state index in [2.05, 4.69) is 13.8 Å². The summed E-state index contributed by atoms with van der Waals surface area (Å²) in [6.45, 7) is 9.07. The van der Waals surface area contributed by atoms with Crippen LogP contribution in [0.3, 0.4) is 0 Å². The molecule has 0 spiro atoms. The maximum Gasteiger partial charge on any atom is 0.0726 e. The van der Waals surface area contributed by atoms with Gasteiger partial charge in [0.1, 0.15) is 0 Å². The summed E-state index contributed by atoms with van der Waals surface area (Å²) in [6, 6.07) is 0. The largest absolute Gasteiger partial charge is 0.374 e. The average Bonchev–Trinajstić information content (AvgIpc) is 1.98. The molecule has 0 radical (unpaired) electrons. The van der Waals surface area contributed by atoms with Crippen molar-refractivity contribution in [3.63, 3.8) is 0 Å². The minimum atomic E-state index is 0.236. The van der Waals surface area contributed by atoms with Gasteiger partial charge in [0.05, 0.1) is 12.2 Å². The first kappa shape index (κ1) is 10.9. The second-order valence-electron chi connectivity index (χ2n) is 3.34. The highest BCUT2D eigenvalue weighted by atomic mass is 16.5. The first-order chi connectivity index (χ1) is 5.11. The van der Waals surface area contributed by atoms with Gasteiger partial charge in [-0.05, 0) is 19.8 Å². The summed E-state index contributed by atoms with van der Waals surface area (Å²) in [5.41, 5.74) is 5.57. The van der Waals surface area contributed by atoms with Crippen LogP contribution in [-0.2, 0) is 4.74 Å². The highest BCUT2D eigenvalue weighted by molar-refractivity contribution is 4.66. The Hall–Kier alpha value is -0.0800. The van der Waals surface area contributed by atoms with Crippen molar-refractivity contribution >= 4 is 0 Å². The average molecular weight is 159 g/mol. The van der Waals surface area contributed by atoms with Crippen LogP contribution in [0.4, 0.5) is 0 Å². The van der Waals surface area contributed by atoms with Gasteiger partial charge in [-0.3, -0.25) is 0 Å². The first-order valence-corrected chi connectivity index (χ1v) is 4.47. The van der Waals surface area contributed by atoms with Crippen LogP contribution in [0.25, 0.3) is 0 Å². The minimum Gasteiger partial charge on any atom is -0.374 e. The molecule has 0 aliphatic rings. The highest BCUT2D eigenvalue weighted by Gasteiger charge is 2.15. The third-order valence-corrected chi connectivity index (χ3v) is 1.96. The molecule has 0 aliphatic carbocycles. The number of nitrogens with two attached hydrogens (primary N) is 1. The Morgan fingerprint density at radius 2 is 1.82 bits per heavy atom. The predicted octanol–water partition coefficient (Wildman–Crippen LogP) is 1.78. The van der Waals surface area contributed by atoms with Crippen molar-refractivity contribution in [3.05, 3.63) is 0 Å². The van der Waals surface area contributed by atoms with Crippen LogP contribution in [0.5, 0.6) is 0 Å². The lowest BCUT2D eigenvalue weighted by molar-refractivity contribution is -0.0172. The van der Waals surface area contributed by atoms with E-state index in [0.29, 0.717) is 12.5 Å². The van der Waals surface area contributed by atoms with Gasteiger partial charge in [0.15, 0.2) is 0 Å². The molecule has 2 unspecified atom stereocenters. The molecule has 0 saturated heterocycles. The molecule has 0 heterocycles. The van der Waals surface area contributed by atoms with Crippen LogP contribution in [-0.4, -0.2) is 18.8 Å². The Bertz CT molecular complexity index is 93.6. The molecular formula is C9H21NO.